The summed E-state index contributed by atoms with van der Waals surface area (Å²) in [4.78, 5) is 31.2. The van der Waals surface area contributed by atoms with Crippen molar-refractivity contribution in [1.29, 1.82) is 0 Å². The van der Waals surface area contributed by atoms with Gasteiger partial charge in [0.15, 0.2) is 5.16 Å². The number of nitrogens with one attached hydrogen (secondary N) is 2. The van der Waals surface area contributed by atoms with E-state index in [9.17, 15) is 9.59 Å². The second-order valence-corrected chi connectivity index (χ2v) is 5.85. The number of hydrogen-bond donors (Lipinski definition) is 2. The van der Waals surface area contributed by atoms with Crippen molar-refractivity contribution in [3.63, 3.8) is 0 Å². The molecule has 1 aromatic carbocycles. The average molecular weight is 316 g/mol. The standard InChI is InChI=1S/C15H16N4O2S/c1-10(22-15-16-8-3-9-17-15)14(21)19-13-6-4-12(5-7-13)18-11(2)20/h3-10H,1-2H3,(H,18,20)(H,19,21). The zero-order valence-electron chi connectivity index (χ0n) is 12.2. The van der Waals surface area contributed by atoms with Gasteiger partial charge in [0.2, 0.25) is 11.8 Å². The number of rotatable bonds is 5. The van der Waals surface area contributed by atoms with E-state index in [4.69, 9.17) is 0 Å². The Bertz CT molecular complexity index is 646. The number of hydrogen-bond acceptors (Lipinski definition) is 5. The topological polar surface area (TPSA) is 84.0 Å². The van der Waals surface area contributed by atoms with Gasteiger partial charge in [0, 0.05) is 30.7 Å². The van der Waals surface area contributed by atoms with Crippen molar-refractivity contribution < 1.29 is 9.59 Å². The van der Waals surface area contributed by atoms with E-state index in [-0.39, 0.29) is 17.1 Å². The maximum Gasteiger partial charge on any atom is 0.237 e. The molecule has 0 fully saturated rings. The van der Waals surface area contributed by atoms with E-state index in [1.807, 2.05) is 0 Å². The Kier molecular flexibility index (Phi) is 5.48. The fourth-order valence-electron chi connectivity index (χ4n) is 1.64. The fraction of sp³-hybridized carbons (Fsp3) is 0.200. The minimum absolute atomic E-state index is 0.135. The van der Waals surface area contributed by atoms with E-state index in [0.29, 0.717) is 16.5 Å². The number of anilines is 2. The first kappa shape index (κ1) is 16.0. The van der Waals surface area contributed by atoms with E-state index in [1.54, 1.807) is 49.6 Å². The van der Waals surface area contributed by atoms with Crippen molar-refractivity contribution in [3.05, 3.63) is 42.7 Å². The zero-order chi connectivity index (χ0) is 15.9. The molecule has 1 unspecified atom stereocenters. The van der Waals surface area contributed by atoms with Crippen LogP contribution >= 0.6 is 11.8 Å². The second-order valence-electron chi connectivity index (χ2n) is 4.54. The van der Waals surface area contributed by atoms with Crippen molar-refractivity contribution in [2.24, 2.45) is 0 Å². The van der Waals surface area contributed by atoms with Gasteiger partial charge in [-0.05, 0) is 37.3 Å². The van der Waals surface area contributed by atoms with Crippen LogP contribution in [0.15, 0.2) is 47.9 Å². The molecule has 6 nitrogen and oxygen atoms in total. The molecule has 0 radical (unpaired) electrons. The van der Waals surface area contributed by atoms with Gasteiger partial charge in [-0.3, -0.25) is 9.59 Å². The first-order valence-electron chi connectivity index (χ1n) is 6.67. The molecule has 2 N–H and O–H groups in total. The monoisotopic (exact) mass is 316 g/mol. The minimum atomic E-state index is -0.322. The molecule has 1 aromatic heterocycles. The zero-order valence-corrected chi connectivity index (χ0v) is 13.1. The Morgan fingerprint density at radius 2 is 1.59 bits per heavy atom. The molecule has 2 aromatic rings. The highest BCUT2D eigenvalue weighted by molar-refractivity contribution is 8.00. The van der Waals surface area contributed by atoms with Crippen molar-refractivity contribution in [3.8, 4) is 0 Å². The third kappa shape index (κ3) is 4.85. The Morgan fingerprint density at radius 3 is 2.14 bits per heavy atom. The molecular weight excluding hydrogens is 300 g/mol. The summed E-state index contributed by atoms with van der Waals surface area (Å²) in [7, 11) is 0. The van der Waals surface area contributed by atoms with Crippen LogP contribution in [0.4, 0.5) is 11.4 Å². The van der Waals surface area contributed by atoms with Gasteiger partial charge < -0.3 is 10.6 Å². The summed E-state index contributed by atoms with van der Waals surface area (Å²) in [6, 6.07) is 8.66. The predicted molar refractivity (Wildman–Crippen MR) is 86.7 cm³/mol. The molecule has 0 bridgehead atoms. The Balaban J connectivity index is 1.92. The SMILES string of the molecule is CC(=O)Nc1ccc(NC(=O)C(C)Sc2ncccn2)cc1. The lowest BCUT2D eigenvalue weighted by atomic mass is 10.2. The van der Waals surface area contributed by atoms with E-state index in [2.05, 4.69) is 20.6 Å². The molecule has 0 spiro atoms. The minimum Gasteiger partial charge on any atom is -0.326 e. The first-order valence-corrected chi connectivity index (χ1v) is 7.55. The highest BCUT2D eigenvalue weighted by atomic mass is 32.2. The van der Waals surface area contributed by atoms with Crippen LogP contribution in [-0.4, -0.2) is 27.0 Å². The van der Waals surface area contributed by atoms with Crippen LogP contribution in [0, 0.1) is 0 Å². The highest BCUT2D eigenvalue weighted by Crippen LogP contribution is 2.20. The number of nitrogens with zero attached hydrogens (tertiary/aromatic N) is 2. The first-order chi connectivity index (χ1) is 10.5. The maximum atomic E-state index is 12.1. The van der Waals surface area contributed by atoms with Crippen LogP contribution in [0.25, 0.3) is 0 Å². The van der Waals surface area contributed by atoms with Crippen LogP contribution < -0.4 is 10.6 Å². The van der Waals surface area contributed by atoms with Crippen LogP contribution in [0.5, 0.6) is 0 Å². The van der Waals surface area contributed by atoms with E-state index in [0.717, 1.165) is 0 Å². The normalized spacial score (nSPS) is 11.5. The largest absolute Gasteiger partial charge is 0.326 e. The quantitative estimate of drug-likeness (QED) is 0.654. The summed E-state index contributed by atoms with van der Waals surface area (Å²) < 4.78 is 0. The molecule has 114 valence electrons. The summed E-state index contributed by atoms with van der Waals surface area (Å²) in [6.45, 7) is 3.24. The second kappa shape index (κ2) is 7.56. The van der Waals surface area contributed by atoms with Gasteiger partial charge in [-0.2, -0.15) is 0 Å². The van der Waals surface area contributed by atoms with E-state index >= 15 is 0 Å². The summed E-state index contributed by atoms with van der Waals surface area (Å²) in [5, 5.41) is 5.72. The van der Waals surface area contributed by atoms with Crippen LogP contribution in [0.3, 0.4) is 0 Å². The van der Waals surface area contributed by atoms with Gasteiger partial charge in [-0.15, -0.1) is 0 Å². The summed E-state index contributed by atoms with van der Waals surface area (Å²) in [5.41, 5.74) is 1.35. The maximum absolute atomic E-state index is 12.1. The van der Waals surface area contributed by atoms with Gasteiger partial charge in [-0.1, -0.05) is 11.8 Å². The Labute approximate surface area is 132 Å². The molecule has 0 saturated heterocycles. The molecule has 0 saturated carbocycles. The highest BCUT2D eigenvalue weighted by Gasteiger charge is 2.15. The number of thioether (sulfide) groups is 1. The Hall–Kier alpha value is -2.41. The molecule has 0 aliphatic heterocycles. The number of aromatic nitrogens is 2. The van der Waals surface area contributed by atoms with Gasteiger partial charge in [-0.25, -0.2) is 9.97 Å². The van der Waals surface area contributed by atoms with Gasteiger partial charge >= 0.3 is 0 Å². The van der Waals surface area contributed by atoms with E-state index < -0.39 is 0 Å². The molecule has 0 aliphatic rings. The van der Waals surface area contributed by atoms with Crippen LogP contribution in [0.2, 0.25) is 0 Å². The smallest absolute Gasteiger partial charge is 0.237 e. The Morgan fingerprint density at radius 1 is 1.05 bits per heavy atom. The summed E-state index contributed by atoms with van der Waals surface area (Å²) >= 11 is 1.29. The van der Waals surface area contributed by atoms with Crippen LogP contribution in [0.1, 0.15) is 13.8 Å². The van der Waals surface area contributed by atoms with Gasteiger partial charge in [0.1, 0.15) is 0 Å². The molecule has 22 heavy (non-hydrogen) atoms. The molecule has 2 rings (SSSR count). The fourth-order valence-corrected chi connectivity index (χ4v) is 2.37. The van der Waals surface area contributed by atoms with Crippen LogP contribution in [-0.2, 0) is 9.59 Å². The van der Waals surface area contributed by atoms with Crippen molar-refractivity contribution in [1.82, 2.24) is 9.97 Å². The summed E-state index contributed by atoms with van der Waals surface area (Å²) in [5.74, 6) is -0.269. The van der Waals surface area contributed by atoms with Crippen molar-refractivity contribution >= 4 is 35.0 Å². The lowest BCUT2D eigenvalue weighted by molar-refractivity contribution is -0.115. The molecule has 0 aliphatic carbocycles. The molecule has 1 heterocycles. The predicted octanol–water partition coefficient (Wildman–Crippen LogP) is 2.55. The molecular formula is C15H16N4O2S. The lowest BCUT2D eigenvalue weighted by Gasteiger charge is -2.11. The molecule has 2 amide bonds. The molecule has 1 atom stereocenters. The number of benzene rings is 1. The number of carbonyl (C=O) groups excluding carboxylic acids is 2. The molecule has 7 heteroatoms. The van der Waals surface area contributed by atoms with Crippen molar-refractivity contribution in [2.75, 3.05) is 10.6 Å². The van der Waals surface area contributed by atoms with Gasteiger partial charge in [0.25, 0.3) is 0 Å². The summed E-state index contributed by atoms with van der Waals surface area (Å²) in [6.07, 6.45) is 3.28. The number of carbonyl (C=O) groups is 2. The third-order valence-electron chi connectivity index (χ3n) is 2.67. The lowest BCUT2D eigenvalue weighted by Crippen LogP contribution is -2.22. The average Bonchev–Trinajstić information content (AvgIpc) is 2.49. The van der Waals surface area contributed by atoms with E-state index in [1.165, 1.54) is 18.7 Å². The van der Waals surface area contributed by atoms with Gasteiger partial charge in [0.05, 0.1) is 5.25 Å². The van der Waals surface area contributed by atoms with Crippen molar-refractivity contribution in [2.45, 2.75) is 24.3 Å². The number of amides is 2. The third-order valence-corrected chi connectivity index (χ3v) is 3.66.